The van der Waals surface area contributed by atoms with Gasteiger partial charge < -0.3 is 14.4 Å². The van der Waals surface area contributed by atoms with Gasteiger partial charge in [-0.15, -0.1) is 0 Å². The summed E-state index contributed by atoms with van der Waals surface area (Å²) in [5.41, 5.74) is -0.507. The van der Waals surface area contributed by atoms with Gasteiger partial charge in [-0.3, -0.25) is 4.90 Å². The minimum absolute atomic E-state index is 0.177. The molecule has 0 spiro atoms. The Morgan fingerprint density at radius 2 is 1.85 bits per heavy atom. The molecule has 0 atom stereocenters. The van der Waals surface area contributed by atoms with Crippen LogP contribution in [0.1, 0.15) is 20.8 Å². The Morgan fingerprint density at radius 1 is 1.19 bits per heavy atom. The van der Waals surface area contributed by atoms with Crippen LogP contribution >= 0.6 is 0 Å². The van der Waals surface area contributed by atoms with Crippen LogP contribution in [0.3, 0.4) is 0 Å². The Bertz CT molecular complexity index is 738. The fourth-order valence-electron chi connectivity index (χ4n) is 2.67. The second-order valence-corrected chi connectivity index (χ2v) is 9.15. The van der Waals surface area contributed by atoms with E-state index < -0.39 is 15.6 Å². The summed E-state index contributed by atoms with van der Waals surface area (Å²) in [6.45, 7) is 8.90. The van der Waals surface area contributed by atoms with Crippen LogP contribution in [0.5, 0.6) is 5.75 Å². The topological polar surface area (TPSA) is 88.2 Å². The third kappa shape index (κ3) is 6.67. The predicted molar refractivity (Wildman–Crippen MR) is 102 cm³/mol. The van der Waals surface area contributed by atoms with Crippen LogP contribution in [0.4, 0.5) is 4.79 Å². The number of hydrogen-bond acceptors (Lipinski definition) is 6. The molecule has 0 saturated carbocycles. The lowest BCUT2D eigenvalue weighted by atomic mass is 10.2. The first kappa shape index (κ1) is 21.5. The van der Waals surface area contributed by atoms with Gasteiger partial charge in [-0.2, -0.15) is 0 Å². The van der Waals surface area contributed by atoms with Gasteiger partial charge in [0.2, 0.25) is 10.0 Å². The summed E-state index contributed by atoms with van der Waals surface area (Å²) in [5.74, 6) is 0.496. The van der Waals surface area contributed by atoms with Crippen LogP contribution in [0.15, 0.2) is 29.2 Å². The van der Waals surface area contributed by atoms with Gasteiger partial charge >= 0.3 is 6.09 Å². The van der Waals surface area contributed by atoms with Crippen LogP contribution in [0.2, 0.25) is 0 Å². The van der Waals surface area contributed by atoms with E-state index in [-0.39, 0.29) is 11.0 Å². The average molecular weight is 400 g/mol. The molecule has 0 aromatic heterocycles. The van der Waals surface area contributed by atoms with E-state index in [1.54, 1.807) is 17.0 Å². The molecule has 1 heterocycles. The molecule has 152 valence electrons. The fourth-order valence-corrected chi connectivity index (χ4v) is 3.73. The zero-order valence-corrected chi connectivity index (χ0v) is 17.2. The smallest absolute Gasteiger partial charge is 0.410 e. The van der Waals surface area contributed by atoms with Gasteiger partial charge in [0.05, 0.1) is 12.0 Å². The van der Waals surface area contributed by atoms with Crippen LogP contribution in [0, 0.1) is 0 Å². The van der Waals surface area contributed by atoms with Gasteiger partial charge in [0.1, 0.15) is 11.4 Å². The number of nitrogens with zero attached hydrogens (tertiary/aromatic N) is 2. The lowest BCUT2D eigenvalue weighted by Gasteiger charge is -2.35. The monoisotopic (exact) mass is 399 g/mol. The highest BCUT2D eigenvalue weighted by Gasteiger charge is 2.25. The van der Waals surface area contributed by atoms with Crippen molar-refractivity contribution >= 4 is 16.1 Å². The SMILES string of the molecule is COc1cccc(S(=O)(=O)NCCN2CCN(C(=O)OC(C)(C)C)CC2)c1. The van der Waals surface area contributed by atoms with Crippen LogP contribution in [0.25, 0.3) is 0 Å². The highest BCUT2D eigenvalue weighted by atomic mass is 32.2. The van der Waals surface area contributed by atoms with E-state index >= 15 is 0 Å². The molecular formula is C18H29N3O5S. The zero-order chi connectivity index (χ0) is 20.1. The normalized spacial score (nSPS) is 16.2. The van der Waals surface area contributed by atoms with E-state index in [2.05, 4.69) is 9.62 Å². The Morgan fingerprint density at radius 3 is 2.44 bits per heavy atom. The van der Waals surface area contributed by atoms with Crippen molar-refractivity contribution in [1.82, 2.24) is 14.5 Å². The van der Waals surface area contributed by atoms with Gasteiger partial charge in [-0.05, 0) is 32.9 Å². The number of benzene rings is 1. The highest BCUT2D eigenvalue weighted by molar-refractivity contribution is 7.89. The van der Waals surface area contributed by atoms with Crippen LogP contribution in [-0.4, -0.2) is 76.3 Å². The molecule has 1 N–H and O–H groups in total. The predicted octanol–water partition coefficient (Wildman–Crippen LogP) is 1.53. The molecule has 1 aromatic carbocycles. The maximum absolute atomic E-state index is 12.4. The molecule has 9 heteroatoms. The molecule has 0 aliphatic carbocycles. The highest BCUT2D eigenvalue weighted by Crippen LogP contribution is 2.16. The minimum Gasteiger partial charge on any atom is -0.497 e. The lowest BCUT2D eigenvalue weighted by molar-refractivity contribution is 0.0147. The number of carbonyl (C=O) groups excluding carboxylic acids is 1. The summed E-state index contributed by atoms with van der Waals surface area (Å²) in [7, 11) is -2.08. The molecule has 0 bridgehead atoms. The standard InChI is InChI=1S/C18H29N3O5S/c1-18(2,3)26-17(22)21-12-10-20(11-13-21)9-8-19-27(23,24)16-7-5-6-15(14-16)25-4/h5-7,14,19H,8-13H2,1-4H3. The maximum atomic E-state index is 12.4. The number of piperazine rings is 1. The fraction of sp³-hybridized carbons (Fsp3) is 0.611. The molecule has 1 saturated heterocycles. The summed E-state index contributed by atoms with van der Waals surface area (Å²) in [4.78, 5) is 16.0. The Kier molecular flexibility index (Phi) is 7.07. The van der Waals surface area contributed by atoms with E-state index in [4.69, 9.17) is 9.47 Å². The van der Waals surface area contributed by atoms with E-state index in [1.165, 1.54) is 19.2 Å². The summed E-state index contributed by atoms with van der Waals surface area (Å²) >= 11 is 0. The summed E-state index contributed by atoms with van der Waals surface area (Å²) < 4.78 is 37.8. The minimum atomic E-state index is -3.58. The molecule has 8 nitrogen and oxygen atoms in total. The van der Waals surface area contributed by atoms with Gasteiger partial charge in [0.25, 0.3) is 0 Å². The molecule has 27 heavy (non-hydrogen) atoms. The van der Waals surface area contributed by atoms with E-state index in [1.807, 2.05) is 20.8 Å². The van der Waals surface area contributed by atoms with Gasteiger partial charge in [-0.1, -0.05) is 6.07 Å². The third-order valence-electron chi connectivity index (χ3n) is 4.10. The lowest BCUT2D eigenvalue weighted by Crippen LogP contribution is -2.51. The third-order valence-corrected chi connectivity index (χ3v) is 5.55. The number of amides is 1. The van der Waals surface area contributed by atoms with Crippen molar-refractivity contribution in [2.75, 3.05) is 46.4 Å². The van der Waals surface area contributed by atoms with Crippen molar-refractivity contribution < 1.29 is 22.7 Å². The van der Waals surface area contributed by atoms with Crippen molar-refractivity contribution in [3.8, 4) is 5.75 Å². The summed E-state index contributed by atoms with van der Waals surface area (Å²) in [5, 5.41) is 0. The molecule has 2 rings (SSSR count). The molecule has 1 aromatic rings. The Hall–Kier alpha value is -1.84. The zero-order valence-electron chi connectivity index (χ0n) is 16.4. The number of hydrogen-bond donors (Lipinski definition) is 1. The number of rotatable bonds is 6. The number of ether oxygens (including phenoxy) is 2. The van der Waals surface area contributed by atoms with Gasteiger partial charge in [0, 0.05) is 45.3 Å². The second kappa shape index (κ2) is 8.90. The Labute approximate surface area is 161 Å². The van der Waals surface area contributed by atoms with Crippen LogP contribution < -0.4 is 9.46 Å². The number of methoxy groups -OCH3 is 1. The first-order valence-electron chi connectivity index (χ1n) is 8.95. The van der Waals surface area contributed by atoms with Gasteiger partial charge in [-0.25, -0.2) is 17.9 Å². The molecule has 0 unspecified atom stereocenters. The molecule has 0 radical (unpaired) electrons. The quantitative estimate of drug-likeness (QED) is 0.780. The summed E-state index contributed by atoms with van der Waals surface area (Å²) in [6, 6.07) is 6.36. The first-order chi connectivity index (χ1) is 12.6. The van der Waals surface area contributed by atoms with Crippen molar-refractivity contribution in [2.45, 2.75) is 31.3 Å². The second-order valence-electron chi connectivity index (χ2n) is 7.39. The Balaban J connectivity index is 1.77. The molecular weight excluding hydrogens is 370 g/mol. The van der Waals surface area contributed by atoms with E-state index in [9.17, 15) is 13.2 Å². The van der Waals surface area contributed by atoms with Crippen molar-refractivity contribution in [3.05, 3.63) is 24.3 Å². The molecule has 1 amide bonds. The van der Waals surface area contributed by atoms with E-state index in [0.717, 1.165) is 0 Å². The maximum Gasteiger partial charge on any atom is 0.410 e. The molecule has 1 aliphatic heterocycles. The largest absolute Gasteiger partial charge is 0.497 e. The summed E-state index contributed by atoms with van der Waals surface area (Å²) in [6.07, 6.45) is -0.305. The molecule has 1 fully saturated rings. The van der Waals surface area contributed by atoms with Gasteiger partial charge in [0.15, 0.2) is 0 Å². The number of nitrogens with one attached hydrogen (secondary N) is 1. The first-order valence-corrected chi connectivity index (χ1v) is 10.4. The average Bonchev–Trinajstić information content (AvgIpc) is 2.61. The molecule has 1 aliphatic rings. The van der Waals surface area contributed by atoms with Crippen molar-refractivity contribution in [3.63, 3.8) is 0 Å². The van der Waals surface area contributed by atoms with Crippen molar-refractivity contribution in [1.29, 1.82) is 0 Å². The number of carbonyl (C=O) groups is 1. The van der Waals surface area contributed by atoms with E-state index in [0.29, 0.717) is 45.0 Å². The van der Waals surface area contributed by atoms with Crippen molar-refractivity contribution in [2.24, 2.45) is 0 Å². The van der Waals surface area contributed by atoms with Crippen LogP contribution in [-0.2, 0) is 14.8 Å². The number of sulfonamides is 1.